The molecule has 0 unspecified atom stereocenters. The van der Waals surface area contributed by atoms with Gasteiger partial charge in [0, 0.05) is 0 Å². The van der Waals surface area contributed by atoms with E-state index in [0.29, 0.717) is 0 Å². The third kappa shape index (κ3) is 1.94. The first-order chi connectivity index (χ1) is 4.22. The molecule has 0 amide bonds. The van der Waals surface area contributed by atoms with Crippen LogP contribution in [-0.2, 0) is 0 Å². The second kappa shape index (κ2) is 3.91. The van der Waals surface area contributed by atoms with Crippen molar-refractivity contribution in [3.8, 4) is 5.75 Å². The van der Waals surface area contributed by atoms with Crippen LogP contribution in [0.25, 0.3) is 0 Å². The normalized spacial score (nSPS) is 8.60. The molecule has 0 aliphatic carbocycles. The van der Waals surface area contributed by atoms with Gasteiger partial charge in [-0.2, -0.15) is 0 Å². The van der Waals surface area contributed by atoms with Crippen molar-refractivity contribution < 1.29 is 17.5 Å². The lowest BCUT2D eigenvalue weighted by Gasteiger charge is -1.95. The fourth-order valence-corrected chi connectivity index (χ4v) is 0.886. The molecule has 0 radical (unpaired) electrons. The Morgan fingerprint density at radius 3 is 1.80 bits per heavy atom. The minimum atomic E-state index is -0.0548. The molecule has 56 valence electrons. The lowest BCUT2D eigenvalue weighted by atomic mass is 10.3. The van der Waals surface area contributed by atoms with Crippen molar-refractivity contribution in [2.75, 3.05) is 0 Å². The number of rotatable bonds is 0. The molecular formula is C6H4Cl3O-. The van der Waals surface area contributed by atoms with Crippen LogP contribution in [0, 0.1) is 0 Å². The van der Waals surface area contributed by atoms with Gasteiger partial charge in [0.15, 0.2) is 5.75 Å². The van der Waals surface area contributed by atoms with Crippen molar-refractivity contribution >= 4 is 23.2 Å². The Balaban J connectivity index is 0.000000810. The van der Waals surface area contributed by atoms with E-state index < -0.39 is 0 Å². The van der Waals surface area contributed by atoms with Crippen LogP contribution in [0.4, 0.5) is 0 Å². The Hall–Kier alpha value is -0.110. The van der Waals surface area contributed by atoms with Gasteiger partial charge in [-0.05, 0) is 12.1 Å². The van der Waals surface area contributed by atoms with Gasteiger partial charge in [0.25, 0.3) is 0 Å². The van der Waals surface area contributed by atoms with Crippen molar-refractivity contribution in [1.82, 2.24) is 0 Å². The van der Waals surface area contributed by atoms with Gasteiger partial charge < -0.3 is 17.5 Å². The SMILES string of the molecule is Oc1c(Cl)cccc1Cl.[Cl-]. The topological polar surface area (TPSA) is 20.2 Å². The molecular weight excluding hydrogens is 194 g/mol. The molecule has 0 atom stereocenters. The van der Waals surface area contributed by atoms with Crippen molar-refractivity contribution in [2.24, 2.45) is 0 Å². The van der Waals surface area contributed by atoms with Crippen LogP contribution in [0.3, 0.4) is 0 Å². The predicted molar refractivity (Wildman–Crippen MR) is 38.1 cm³/mol. The van der Waals surface area contributed by atoms with E-state index in [4.69, 9.17) is 28.3 Å². The van der Waals surface area contributed by atoms with Crippen LogP contribution in [0.5, 0.6) is 5.75 Å². The Morgan fingerprint density at radius 1 is 1.10 bits per heavy atom. The molecule has 1 aromatic rings. The third-order valence-corrected chi connectivity index (χ3v) is 1.55. The maximum Gasteiger partial charge on any atom is 0.152 e. The molecule has 0 saturated heterocycles. The zero-order valence-corrected chi connectivity index (χ0v) is 7.08. The minimum absolute atomic E-state index is 0. The monoisotopic (exact) mass is 197 g/mol. The number of phenolic OH excluding ortho intramolecular Hbond substituents is 1. The van der Waals surface area contributed by atoms with Gasteiger partial charge in [0.2, 0.25) is 0 Å². The summed E-state index contributed by atoms with van der Waals surface area (Å²) in [6.45, 7) is 0. The van der Waals surface area contributed by atoms with Gasteiger partial charge in [0.05, 0.1) is 10.0 Å². The number of phenols is 1. The average molecular weight is 198 g/mol. The van der Waals surface area contributed by atoms with Gasteiger partial charge >= 0.3 is 0 Å². The van der Waals surface area contributed by atoms with Crippen LogP contribution in [-0.4, -0.2) is 5.11 Å². The molecule has 0 saturated carbocycles. The molecule has 0 aliphatic heterocycles. The summed E-state index contributed by atoms with van der Waals surface area (Å²) in [5.41, 5.74) is 0. The number of benzene rings is 1. The highest BCUT2D eigenvalue weighted by molar-refractivity contribution is 6.37. The lowest BCUT2D eigenvalue weighted by Crippen LogP contribution is -3.00. The number of hydrogen-bond acceptors (Lipinski definition) is 1. The Bertz CT molecular complexity index is 204. The highest BCUT2D eigenvalue weighted by atomic mass is 35.5. The number of hydrogen-bond donors (Lipinski definition) is 1. The molecule has 10 heavy (non-hydrogen) atoms. The van der Waals surface area contributed by atoms with Crippen molar-refractivity contribution in [1.29, 1.82) is 0 Å². The minimum Gasteiger partial charge on any atom is -1.00 e. The van der Waals surface area contributed by atoms with E-state index in [0.717, 1.165) is 0 Å². The quantitative estimate of drug-likeness (QED) is 0.607. The van der Waals surface area contributed by atoms with Gasteiger partial charge in [-0.3, -0.25) is 0 Å². The van der Waals surface area contributed by atoms with Gasteiger partial charge in [-0.15, -0.1) is 0 Å². The summed E-state index contributed by atoms with van der Waals surface area (Å²) in [7, 11) is 0. The summed E-state index contributed by atoms with van der Waals surface area (Å²) in [6, 6.07) is 4.82. The number of aromatic hydroxyl groups is 1. The van der Waals surface area contributed by atoms with Gasteiger partial charge in [-0.25, -0.2) is 0 Å². The Kier molecular flexibility index (Phi) is 3.87. The molecule has 1 N–H and O–H groups in total. The predicted octanol–water partition coefficient (Wildman–Crippen LogP) is -0.297. The highest BCUT2D eigenvalue weighted by Crippen LogP contribution is 2.30. The standard InChI is InChI=1S/C6H4Cl2O.ClH/c7-4-2-1-3-5(8)6(4)9;/h1-3,9H;1H/p-1. The van der Waals surface area contributed by atoms with E-state index in [-0.39, 0.29) is 28.2 Å². The van der Waals surface area contributed by atoms with E-state index in [1.807, 2.05) is 0 Å². The summed E-state index contributed by atoms with van der Waals surface area (Å²) in [5.74, 6) is -0.0548. The largest absolute Gasteiger partial charge is 1.00 e. The van der Waals surface area contributed by atoms with E-state index in [2.05, 4.69) is 0 Å². The summed E-state index contributed by atoms with van der Waals surface area (Å²) >= 11 is 11.0. The van der Waals surface area contributed by atoms with E-state index in [1.165, 1.54) is 0 Å². The molecule has 1 nitrogen and oxygen atoms in total. The van der Waals surface area contributed by atoms with Crippen LogP contribution in [0.1, 0.15) is 0 Å². The third-order valence-electron chi connectivity index (χ3n) is 0.938. The van der Waals surface area contributed by atoms with Crippen molar-refractivity contribution in [3.05, 3.63) is 28.2 Å². The Morgan fingerprint density at radius 2 is 1.50 bits per heavy atom. The van der Waals surface area contributed by atoms with Crippen LogP contribution in [0.15, 0.2) is 18.2 Å². The highest BCUT2D eigenvalue weighted by Gasteiger charge is 1.99. The molecule has 0 fully saturated rings. The zero-order valence-electron chi connectivity index (χ0n) is 4.81. The molecule has 0 spiro atoms. The second-order valence-corrected chi connectivity index (χ2v) is 2.38. The molecule has 0 aliphatic rings. The second-order valence-electron chi connectivity index (χ2n) is 1.57. The van der Waals surface area contributed by atoms with E-state index in [1.54, 1.807) is 18.2 Å². The summed E-state index contributed by atoms with van der Waals surface area (Å²) < 4.78 is 0. The van der Waals surface area contributed by atoms with Crippen LogP contribution in [0.2, 0.25) is 10.0 Å². The molecule has 1 rings (SSSR count). The first-order valence-electron chi connectivity index (χ1n) is 2.35. The van der Waals surface area contributed by atoms with Crippen LogP contribution >= 0.6 is 23.2 Å². The maximum absolute atomic E-state index is 8.94. The van der Waals surface area contributed by atoms with E-state index >= 15 is 0 Å². The molecule has 0 heterocycles. The summed E-state index contributed by atoms with van der Waals surface area (Å²) in [4.78, 5) is 0. The maximum atomic E-state index is 8.94. The molecule has 0 bridgehead atoms. The van der Waals surface area contributed by atoms with Crippen LogP contribution < -0.4 is 12.4 Å². The van der Waals surface area contributed by atoms with Crippen molar-refractivity contribution in [2.45, 2.75) is 0 Å². The smallest absolute Gasteiger partial charge is 0.152 e. The van der Waals surface area contributed by atoms with Gasteiger partial charge in [0.1, 0.15) is 0 Å². The fourth-order valence-electron chi connectivity index (χ4n) is 0.489. The molecule has 0 aromatic heterocycles. The average Bonchev–Trinajstić information content (AvgIpc) is 1.83. The van der Waals surface area contributed by atoms with Gasteiger partial charge in [-0.1, -0.05) is 29.3 Å². The van der Waals surface area contributed by atoms with E-state index in [9.17, 15) is 0 Å². The molecule has 1 aromatic carbocycles. The molecule has 4 heteroatoms. The number of para-hydroxylation sites is 1. The summed E-state index contributed by atoms with van der Waals surface area (Å²) in [5, 5.41) is 9.50. The summed E-state index contributed by atoms with van der Waals surface area (Å²) in [6.07, 6.45) is 0. The van der Waals surface area contributed by atoms with Crippen molar-refractivity contribution in [3.63, 3.8) is 0 Å². The fraction of sp³-hybridized carbons (Fsp3) is 0. The first-order valence-corrected chi connectivity index (χ1v) is 3.10. The zero-order chi connectivity index (χ0) is 6.85. The number of halogens is 3. The lowest BCUT2D eigenvalue weighted by molar-refractivity contribution is -0.00000261. The Labute approximate surface area is 75.0 Å². The first kappa shape index (κ1) is 9.89.